The topological polar surface area (TPSA) is 46.9 Å². The molecular weight excluding hydrogens is 282 g/mol. The Bertz CT molecular complexity index is 590. The number of aryl methyl sites for hydroxylation is 2. The van der Waals surface area contributed by atoms with Crippen LogP contribution in [-0.2, 0) is 7.05 Å². The standard InChI is InChI=1S/C12H12BrN3O/c1-8-3-5-9(6-4-8)14-11-12(17)16(2)7-10(13)15-11/h3-7H,1-2H3,(H,14,15). The van der Waals surface area contributed by atoms with Crippen molar-refractivity contribution in [3.05, 3.63) is 51.0 Å². The maximum Gasteiger partial charge on any atom is 0.293 e. The Morgan fingerprint density at radius 3 is 2.59 bits per heavy atom. The SMILES string of the molecule is Cc1ccc(Nc2nc(Br)cn(C)c2=O)cc1. The summed E-state index contributed by atoms with van der Waals surface area (Å²) in [6, 6.07) is 7.78. The lowest BCUT2D eigenvalue weighted by Gasteiger charge is -2.07. The molecule has 2 aromatic rings. The van der Waals surface area contributed by atoms with Gasteiger partial charge >= 0.3 is 0 Å². The van der Waals surface area contributed by atoms with Crippen molar-refractivity contribution in [1.29, 1.82) is 0 Å². The first-order valence-corrected chi connectivity index (χ1v) is 5.92. The lowest BCUT2D eigenvalue weighted by atomic mass is 10.2. The highest BCUT2D eigenvalue weighted by atomic mass is 79.9. The number of aromatic nitrogens is 2. The molecule has 1 N–H and O–H groups in total. The summed E-state index contributed by atoms with van der Waals surface area (Å²) in [5.41, 5.74) is 1.86. The molecule has 88 valence electrons. The van der Waals surface area contributed by atoms with Gasteiger partial charge in [-0.25, -0.2) is 4.98 Å². The first-order chi connectivity index (χ1) is 8.06. The van der Waals surface area contributed by atoms with Gasteiger partial charge in [-0.05, 0) is 35.0 Å². The van der Waals surface area contributed by atoms with Gasteiger partial charge in [-0.1, -0.05) is 17.7 Å². The number of anilines is 2. The van der Waals surface area contributed by atoms with Crippen molar-refractivity contribution in [1.82, 2.24) is 9.55 Å². The summed E-state index contributed by atoms with van der Waals surface area (Å²) in [4.78, 5) is 15.9. The van der Waals surface area contributed by atoms with Crippen molar-refractivity contribution in [2.75, 3.05) is 5.32 Å². The molecule has 0 radical (unpaired) electrons. The quantitative estimate of drug-likeness (QED) is 0.926. The maximum absolute atomic E-state index is 11.8. The van der Waals surface area contributed by atoms with E-state index in [2.05, 4.69) is 26.2 Å². The van der Waals surface area contributed by atoms with Gasteiger partial charge in [-0.3, -0.25) is 4.79 Å². The van der Waals surface area contributed by atoms with Crippen molar-refractivity contribution in [2.24, 2.45) is 7.05 Å². The van der Waals surface area contributed by atoms with Crippen molar-refractivity contribution < 1.29 is 0 Å². The molecule has 0 aliphatic rings. The van der Waals surface area contributed by atoms with Crippen LogP contribution in [-0.4, -0.2) is 9.55 Å². The second-order valence-corrected chi connectivity index (χ2v) is 4.63. The predicted molar refractivity (Wildman–Crippen MR) is 71.6 cm³/mol. The van der Waals surface area contributed by atoms with E-state index in [9.17, 15) is 4.79 Å². The highest BCUT2D eigenvalue weighted by molar-refractivity contribution is 9.10. The molecule has 0 aliphatic heterocycles. The molecule has 0 spiro atoms. The van der Waals surface area contributed by atoms with Gasteiger partial charge in [-0.15, -0.1) is 0 Å². The summed E-state index contributed by atoms with van der Waals surface area (Å²) in [5, 5.41) is 3.01. The van der Waals surface area contributed by atoms with E-state index in [-0.39, 0.29) is 5.56 Å². The Balaban J connectivity index is 2.36. The van der Waals surface area contributed by atoms with E-state index in [1.165, 1.54) is 10.1 Å². The molecule has 2 rings (SSSR count). The minimum Gasteiger partial charge on any atom is -0.336 e. The Kier molecular flexibility index (Phi) is 3.28. The summed E-state index contributed by atoms with van der Waals surface area (Å²) in [5.74, 6) is 0.311. The molecule has 1 heterocycles. The maximum atomic E-state index is 11.8. The van der Waals surface area contributed by atoms with E-state index in [4.69, 9.17) is 0 Å². The van der Waals surface area contributed by atoms with E-state index in [0.29, 0.717) is 10.4 Å². The molecule has 1 aromatic carbocycles. The van der Waals surface area contributed by atoms with E-state index in [1.807, 2.05) is 31.2 Å². The van der Waals surface area contributed by atoms with Crippen LogP contribution in [0.25, 0.3) is 0 Å². The van der Waals surface area contributed by atoms with Crippen LogP contribution in [0.15, 0.2) is 39.9 Å². The van der Waals surface area contributed by atoms with E-state index >= 15 is 0 Å². The van der Waals surface area contributed by atoms with Crippen LogP contribution >= 0.6 is 15.9 Å². The monoisotopic (exact) mass is 293 g/mol. The number of nitrogens with zero attached hydrogens (tertiary/aromatic N) is 2. The summed E-state index contributed by atoms with van der Waals surface area (Å²) in [7, 11) is 1.69. The zero-order valence-corrected chi connectivity index (χ0v) is 11.2. The largest absolute Gasteiger partial charge is 0.336 e. The van der Waals surface area contributed by atoms with E-state index in [0.717, 1.165) is 5.69 Å². The first-order valence-electron chi connectivity index (χ1n) is 5.13. The number of benzene rings is 1. The van der Waals surface area contributed by atoms with Crippen LogP contribution in [0.3, 0.4) is 0 Å². The van der Waals surface area contributed by atoms with E-state index in [1.54, 1.807) is 13.2 Å². The second-order valence-electron chi connectivity index (χ2n) is 3.82. The van der Waals surface area contributed by atoms with Crippen LogP contribution in [0.4, 0.5) is 11.5 Å². The molecule has 0 unspecified atom stereocenters. The smallest absolute Gasteiger partial charge is 0.293 e. The molecular formula is C12H12BrN3O. The van der Waals surface area contributed by atoms with Gasteiger partial charge < -0.3 is 9.88 Å². The number of rotatable bonds is 2. The molecule has 5 heteroatoms. The van der Waals surface area contributed by atoms with Gasteiger partial charge in [0, 0.05) is 18.9 Å². The lowest BCUT2D eigenvalue weighted by Crippen LogP contribution is -2.20. The second kappa shape index (κ2) is 4.71. The summed E-state index contributed by atoms with van der Waals surface area (Å²) < 4.78 is 2.10. The molecule has 0 saturated carbocycles. The fourth-order valence-corrected chi connectivity index (χ4v) is 1.91. The van der Waals surface area contributed by atoms with Gasteiger partial charge in [0.25, 0.3) is 5.56 Å². The molecule has 0 amide bonds. The van der Waals surface area contributed by atoms with Crippen LogP contribution in [0.1, 0.15) is 5.56 Å². The van der Waals surface area contributed by atoms with Crippen molar-refractivity contribution in [2.45, 2.75) is 6.92 Å². The number of nitrogens with one attached hydrogen (secondary N) is 1. The van der Waals surface area contributed by atoms with Gasteiger partial charge in [0.15, 0.2) is 5.82 Å². The third kappa shape index (κ3) is 2.74. The normalized spacial score (nSPS) is 10.3. The Hall–Kier alpha value is -1.62. The number of hydrogen-bond acceptors (Lipinski definition) is 3. The Labute approximate surface area is 107 Å². The minimum absolute atomic E-state index is 0.159. The Morgan fingerprint density at radius 2 is 1.94 bits per heavy atom. The van der Waals surface area contributed by atoms with Crippen molar-refractivity contribution >= 4 is 27.4 Å². The van der Waals surface area contributed by atoms with Crippen LogP contribution in [0.5, 0.6) is 0 Å². The average molecular weight is 294 g/mol. The number of hydrogen-bond donors (Lipinski definition) is 1. The van der Waals surface area contributed by atoms with Crippen molar-refractivity contribution in [3.8, 4) is 0 Å². The van der Waals surface area contributed by atoms with Gasteiger partial charge in [0.1, 0.15) is 4.60 Å². The first kappa shape index (κ1) is 11.9. The highest BCUT2D eigenvalue weighted by Crippen LogP contribution is 2.14. The lowest BCUT2D eigenvalue weighted by molar-refractivity contribution is 0.837. The predicted octanol–water partition coefficient (Wildman–Crippen LogP) is 2.59. The average Bonchev–Trinajstić information content (AvgIpc) is 2.28. The van der Waals surface area contributed by atoms with Gasteiger partial charge in [0.2, 0.25) is 0 Å². The third-order valence-corrected chi connectivity index (χ3v) is 2.74. The fourth-order valence-electron chi connectivity index (χ4n) is 1.42. The molecule has 0 aliphatic carbocycles. The molecule has 4 nitrogen and oxygen atoms in total. The number of halogens is 1. The van der Waals surface area contributed by atoms with E-state index < -0.39 is 0 Å². The summed E-state index contributed by atoms with van der Waals surface area (Å²) in [6.45, 7) is 2.01. The third-order valence-electron chi connectivity index (χ3n) is 2.36. The molecule has 0 saturated heterocycles. The molecule has 17 heavy (non-hydrogen) atoms. The van der Waals surface area contributed by atoms with Gasteiger partial charge in [0.05, 0.1) is 0 Å². The zero-order chi connectivity index (χ0) is 12.4. The van der Waals surface area contributed by atoms with Crippen LogP contribution in [0.2, 0.25) is 0 Å². The van der Waals surface area contributed by atoms with Crippen molar-refractivity contribution in [3.63, 3.8) is 0 Å². The molecule has 1 aromatic heterocycles. The highest BCUT2D eigenvalue weighted by Gasteiger charge is 2.05. The Morgan fingerprint density at radius 1 is 1.29 bits per heavy atom. The molecule has 0 fully saturated rings. The molecule has 0 atom stereocenters. The zero-order valence-electron chi connectivity index (χ0n) is 9.57. The summed E-state index contributed by atoms with van der Waals surface area (Å²) in [6.07, 6.45) is 1.63. The molecule has 0 bridgehead atoms. The minimum atomic E-state index is -0.159. The van der Waals surface area contributed by atoms with Crippen LogP contribution in [0, 0.1) is 6.92 Å². The van der Waals surface area contributed by atoms with Gasteiger partial charge in [-0.2, -0.15) is 0 Å². The summed E-state index contributed by atoms with van der Waals surface area (Å²) >= 11 is 3.26. The van der Waals surface area contributed by atoms with Crippen LogP contribution < -0.4 is 10.9 Å². The fraction of sp³-hybridized carbons (Fsp3) is 0.167.